The van der Waals surface area contributed by atoms with E-state index in [2.05, 4.69) is 19.2 Å². The van der Waals surface area contributed by atoms with Gasteiger partial charge in [0, 0.05) is 20.2 Å². The fourth-order valence-electron chi connectivity index (χ4n) is 3.45. The van der Waals surface area contributed by atoms with E-state index in [9.17, 15) is 0 Å². The van der Waals surface area contributed by atoms with Gasteiger partial charge >= 0.3 is 0 Å². The van der Waals surface area contributed by atoms with E-state index in [4.69, 9.17) is 4.74 Å². The number of rotatable bonds is 8. The molecule has 1 rings (SSSR count). The van der Waals surface area contributed by atoms with Crippen LogP contribution >= 0.6 is 0 Å². The minimum absolute atomic E-state index is 0.536. The summed E-state index contributed by atoms with van der Waals surface area (Å²) in [4.78, 5) is 0. The highest BCUT2D eigenvalue weighted by Gasteiger charge is 2.35. The molecule has 0 aliphatic heterocycles. The van der Waals surface area contributed by atoms with Crippen LogP contribution in [0.25, 0.3) is 0 Å². The zero-order valence-corrected chi connectivity index (χ0v) is 12.1. The molecule has 1 aliphatic rings. The van der Waals surface area contributed by atoms with E-state index >= 15 is 0 Å². The quantitative estimate of drug-likeness (QED) is 0.656. The largest absolute Gasteiger partial charge is 0.383 e. The zero-order chi connectivity index (χ0) is 12.6. The third-order valence-electron chi connectivity index (χ3n) is 4.84. The van der Waals surface area contributed by atoms with Crippen LogP contribution in [0.15, 0.2) is 0 Å². The second-order valence-corrected chi connectivity index (χ2v) is 5.57. The average molecular weight is 241 g/mol. The van der Waals surface area contributed by atoms with Crippen molar-refractivity contribution < 1.29 is 4.74 Å². The van der Waals surface area contributed by atoms with Gasteiger partial charge in [0.25, 0.3) is 0 Å². The highest BCUT2D eigenvalue weighted by Crippen LogP contribution is 2.43. The van der Waals surface area contributed by atoms with Crippen LogP contribution in [-0.2, 0) is 4.74 Å². The fourth-order valence-corrected chi connectivity index (χ4v) is 3.45. The minimum Gasteiger partial charge on any atom is -0.383 e. The van der Waals surface area contributed by atoms with E-state index in [1.165, 1.54) is 51.5 Å². The number of hydrogen-bond donors (Lipinski definition) is 1. The van der Waals surface area contributed by atoms with E-state index in [1.807, 2.05) is 0 Å². The van der Waals surface area contributed by atoms with Crippen molar-refractivity contribution in [1.82, 2.24) is 5.32 Å². The molecule has 0 aromatic rings. The lowest BCUT2D eigenvalue weighted by Gasteiger charge is -2.42. The van der Waals surface area contributed by atoms with Gasteiger partial charge in [0.1, 0.15) is 0 Å². The van der Waals surface area contributed by atoms with Gasteiger partial charge in [0.2, 0.25) is 0 Å². The molecule has 1 N–H and O–H groups in total. The molecule has 0 saturated heterocycles. The number of hydrogen-bond acceptors (Lipinski definition) is 2. The molecule has 17 heavy (non-hydrogen) atoms. The predicted octanol–water partition coefficient (Wildman–Crippen LogP) is 3.61. The lowest BCUT2D eigenvalue weighted by atomic mass is 9.65. The van der Waals surface area contributed by atoms with Gasteiger partial charge in [-0.1, -0.05) is 33.1 Å². The summed E-state index contributed by atoms with van der Waals surface area (Å²) >= 11 is 0. The average Bonchev–Trinajstić information content (AvgIpc) is 2.41. The van der Waals surface area contributed by atoms with Gasteiger partial charge in [-0.05, 0) is 37.0 Å². The highest BCUT2D eigenvalue weighted by molar-refractivity contribution is 4.88. The lowest BCUT2D eigenvalue weighted by Crippen LogP contribution is -2.41. The van der Waals surface area contributed by atoms with Gasteiger partial charge in [0.05, 0.1) is 6.61 Å². The molecular weight excluding hydrogens is 210 g/mol. The summed E-state index contributed by atoms with van der Waals surface area (Å²) in [6.45, 7) is 7.74. The van der Waals surface area contributed by atoms with Gasteiger partial charge < -0.3 is 10.1 Å². The standard InChI is InChI=1S/C15H31NO/c1-4-15(5-2,13-16-11-12-17-3)14-9-7-6-8-10-14/h14,16H,4-13H2,1-3H3. The number of ether oxygens (including phenoxy) is 1. The maximum Gasteiger partial charge on any atom is 0.0587 e. The van der Waals surface area contributed by atoms with Crippen LogP contribution < -0.4 is 5.32 Å². The van der Waals surface area contributed by atoms with Crippen LogP contribution in [0.3, 0.4) is 0 Å². The highest BCUT2D eigenvalue weighted by atomic mass is 16.5. The van der Waals surface area contributed by atoms with Crippen molar-refractivity contribution in [1.29, 1.82) is 0 Å². The third-order valence-corrected chi connectivity index (χ3v) is 4.84. The van der Waals surface area contributed by atoms with E-state index < -0.39 is 0 Å². The van der Waals surface area contributed by atoms with Crippen molar-refractivity contribution >= 4 is 0 Å². The normalized spacial score (nSPS) is 18.5. The van der Waals surface area contributed by atoms with Gasteiger partial charge in [-0.2, -0.15) is 0 Å². The van der Waals surface area contributed by atoms with Crippen LogP contribution in [0.1, 0.15) is 58.8 Å². The second-order valence-electron chi connectivity index (χ2n) is 5.57. The second kappa shape index (κ2) is 8.10. The molecule has 1 fully saturated rings. The first-order valence-corrected chi connectivity index (χ1v) is 7.48. The number of nitrogens with one attached hydrogen (secondary N) is 1. The Morgan fingerprint density at radius 3 is 2.29 bits per heavy atom. The molecule has 1 aliphatic carbocycles. The van der Waals surface area contributed by atoms with Crippen molar-refractivity contribution in [2.45, 2.75) is 58.8 Å². The molecule has 0 heterocycles. The first-order chi connectivity index (χ1) is 8.29. The SMILES string of the molecule is CCC(CC)(CNCCOC)C1CCCCC1. The lowest BCUT2D eigenvalue weighted by molar-refractivity contribution is 0.0976. The molecule has 0 aromatic carbocycles. The van der Waals surface area contributed by atoms with Crippen LogP contribution in [0, 0.1) is 11.3 Å². The summed E-state index contributed by atoms with van der Waals surface area (Å²) in [6.07, 6.45) is 9.88. The van der Waals surface area contributed by atoms with Crippen molar-refractivity contribution in [2.75, 3.05) is 26.8 Å². The van der Waals surface area contributed by atoms with Crippen molar-refractivity contribution in [2.24, 2.45) is 11.3 Å². The summed E-state index contributed by atoms with van der Waals surface area (Å²) in [6, 6.07) is 0. The third kappa shape index (κ3) is 4.26. The minimum atomic E-state index is 0.536. The fraction of sp³-hybridized carbons (Fsp3) is 1.00. The van der Waals surface area contributed by atoms with E-state index in [0.29, 0.717) is 5.41 Å². The molecule has 0 bridgehead atoms. The Balaban J connectivity index is 2.47. The Hall–Kier alpha value is -0.0800. The van der Waals surface area contributed by atoms with Crippen LogP contribution in [0.2, 0.25) is 0 Å². The molecule has 1 saturated carbocycles. The van der Waals surface area contributed by atoms with E-state index in [-0.39, 0.29) is 0 Å². The maximum atomic E-state index is 5.11. The van der Waals surface area contributed by atoms with Crippen molar-refractivity contribution in [3.05, 3.63) is 0 Å². The summed E-state index contributed by atoms with van der Waals surface area (Å²) in [7, 11) is 1.77. The van der Waals surface area contributed by atoms with Gasteiger partial charge in [-0.15, -0.1) is 0 Å². The Morgan fingerprint density at radius 1 is 1.12 bits per heavy atom. The maximum absolute atomic E-state index is 5.11. The molecule has 0 unspecified atom stereocenters. The molecule has 102 valence electrons. The molecule has 2 heteroatoms. The van der Waals surface area contributed by atoms with Crippen LogP contribution in [-0.4, -0.2) is 26.8 Å². The first-order valence-electron chi connectivity index (χ1n) is 7.48. The Labute approximate surface area is 108 Å². The van der Waals surface area contributed by atoms with Gasteiger partial charge in [-0.3, -0.25) is 0 Å². The van der Waals surface area contributed by atoms with Gasteiger partial charge in [-0.25, -0.2) is 0 Å². The first kappa shape index (κ1) is 15.0. The summed E-state index contributed by atoms with van der Waals surface area (Å²) in [5, 5.41) is 3.60. The number of methoxy groups -OCH3 is 1. The summed E-state index contributed by atoms with van der Waals surface area (Å²) < 4.78 is 5.11. The molecule has 0 aromatic heterocycles. The molecule has 0 amide bonds. The molecule has 0 spiro atoms. The van der Waals surface area contributed by atoms with Crippen molar-refractivity contribution in [3.63, 3.8) is 0 Å². The molecule has 2 nitrogen and oxygen atoms in total. The molecular formula is C15H31NO. The predicted molar refractivity (Wildman–Crippen MR) is 74.3 cm³/mol. The topological polar surface area (TPSA) is 21.3 Å². The van der Waals surface area contributed by atoms with Crippen molar-refractivity contribution in [3.8, 4) is 0 Å². The summed E-state index contributed by atoms with van der Waals surface area (Å²) in [5.41, 5.74) is 0.536. The van der Waals surface area contributed by atoms with Gasteiger partial charge in [0.15, 0.2) is 0 Å². The van der Waals surface area contributed by atoms with E-state index in [1.54, 1.807) is 7.11 Å². The zero-order valence-electron chi connectivity index (χ0n) is 12.1. The molecule has 0 atom stereocenters. The Kier molecular flexibility index (Phi) is 7.14. The monoisotopic (exact) mass is 241 g/mol. The Morgan fingerprint density at radius 2 is 1.76 bits per heavy atom. The summed E-state index contributed by atoms with van der Waals surface area (Å²) in [5.74, 6) is 0.946. The Bertz CT molecular complexity index is 183. The van der Waals surface area contributed by atoms with E-state index in [0.717, 1.165) is 19.1 Å². The smallest absolute Gasteiger partial charge is 0.0587 e. The molecule has 0 radical (unpaired) electrons. The van der Waals surface area contributed by atoms with Crippen LogP contribution in [0.5, 0.6) is 0 Å². The van der Waals surface area contributed by atoms with Crippen LogP contribution in [0.4, 0.5) is 0 Å².